The fraction of sp³-hybridized carbons (Fsp3) is 0.727. The van der Waals surface area contributed by atoms with Crippen LogP contribution >= 0.6 is 0 Å². The molecule has 3 fully saturated rings. The van der Waals surface area contributed by atoms with Crippen LogP contribution in [0.25, 0.3) is 0 Å². The molecule has 3 saturated carbocycles. The van der Waals surface area contributed by atoms with Crippen molar-refractivity contribution < 1.29 is 9.90 Å². The Morgan fingerprint density at radius 2 is 2.31 bits per heavy atom. The highest BCUT2D eigenvalue weighted by atomic mass is 16.2. The zero-order valence-corrected chi connectivity index (χ0v) is 7.84. The van der Waals surface area contributed by atoms with Crippen LogP contribution in [0.15, 0.2) is 11.8 Å². The molecular weight excluding hydrogens is 164 g/mol. The van der Waals surface area contributed by atoms with Crippen molar-refractivity contribution in [2.75, 3.05) is 0 Å². The summed E-state index contributed by atoms with van der Waals surface area (Å²) in [6.07, 6.45) is 5.40. The van der Waals surface area contributed by atoms with Crippen molar-refractivity contribution in [1.29, 1.82) is 0 Å². The molecule has 0 bridgehead atoms. The summed E-state index contributed by atoms with van der Waals surface area (Å²) in [6.45, 7) is 2.29. The number of allylic oxidation sites excluding steroid dienone is 1. The molecule has 0 amide bonds. The quantitative estimate of drug-likeness (QED) is 0.456. The summed E-state index contributed by atoms with van der Waals surface area (Å²) >= 11 is 0. The van der Waals surface area contributed by atoms with E-state index in [1.165, 1.54) is 12.8 Å². The van der Waals surface area contributed by atoms with Crippen LogP contribution in [-0.2, 0) is 4.79 Å². The molecule has 2 nitrogen and oxygen atoms in total. The van der Waals surface area contributed by atoms with Crippen LogP contribution in [-0.4, -0.2) is 10.9 Å². The maximum absolute atomic E-state index is 11.7. The molecule has 0 saturated heterocycles. The molecule has 1 N–H and O–H groups in total. The van der Waals surface area contributed by atoms with Gasteiger partial charge in [0.15, 0.2) is 5.78 Å². The lowest BCUT2D eigenvalue weighted by Gasteiger charge is -2.68. The van der Waals surface area contributed by atoms with Crippen molar-refractivity contribution in [3.8, 4) is 0 Å². The molecule has 0 heterocycles. The van der Waals surface area contributed by atoms with E-state index in [1.54, 1.807) is 0 Å². The number of rotatable bonds is 0. The number of carbonyl (C=O) groups is 1. The lowest BCUT2D eigenvalue weighted by Crippen LogP contribution is -2.62. The summed E-state index contributed by atoms with van der Waals surface area (Å²) in [4.78, 5) is 11.7. The maximum Gasteiger partial charge on any atom is 0.165 e. The minimum Gasteiger partial charge on any atom is -0.515 e. The zero-order valence-electron chi connectivity index (χ0n) is 7.84. The summed E-state index contributed by atoms with van der Waals surface area (Å²) in [5.74, 6) is 0.476. The van der Waals surface area contributed by atoms with Gasteiger partial charge >= 0.3 is 0 Å². The van der Waals surface area contributed by atoms with Crippen LogP contribution in [0.1, 0.15) is 32.6 Å². The standard InChI is InChI=1S/C11H14O2/c1-10-2-3-11(10)4-7(6-12)9(13)8(11)5-10/h6,8,12H,2-5H2,1H3/b7-6-/t8-,10+,11+/m0/s1. The predicted molar refractivity (Wildman–Crippen MR) is 48.2 cm³/mol. The molecule has 0 aliphatic heterocycles. The largest absolute Gasteiger partial charge is 0.515 e. The molecule has 13 heavy (non-hydrogen) atoms. The van der Waals surface area contributed by atoms with E-state index in [0.29, 0.717) is 11.0 Å². The number of ketones is 1. The monoisotopic (exact) mass is 178 g/mol. The lowest BCUT2D eigenvalue weighted by molar-refractivity contribution is -0.202. The van der Waals surface area contributed by atoms with Gasteiger partial charge in [0, 0.05) is 11.5 Å². The highest BCUT2D eigenvalue weighted by Gasteiger charge is 2.73. The van der Waals surface area contributed by atoms with E-state index >= 15 is 0 Å². The van der Waals surface area contributed by atoms with Crippen molar-refractivity contribution >= 4 is 5.78 Å². The Morgan fingerprint density at radius 3 is 2.69 bits per heavy atom. The van der Waals surface area contributed by atoms with Crippen molar-refractivity contribution in [3.05, 3.63) is 11.8 Å². The van der Waals surface area contributed by atoms with Gasteiger partial charge in [0.1, 0.15) is 0 Å². The van der Waals surface area contributed by atoms with Gasteiger partial charge in [0.2, 0.25) is 0 Å². The fourth-order valence-corrected chi connectivity index (χ4v) is 3.82. The number of carbonyl (C=O) groups excluding carboxylic acids is 1. The van der Waals surface area contributed by atoms with Crippen LogP contribution in [0, 0.1) is 16.7 Å². The summed E-state index contributed by atoms with van der Waals surface area (Å²) in [5, 5.41) is 8.93. The molecule has 0 aromatic rings. The highest BCUT2D eigenvalue weighted by Crippen LogP contribution is 2.78. The van der Waals surface area contributed by atoms with E-state index in [2.05, 4.69) is 6.92 Å². The smallest absolute Gasteiger partial charge is 0.165 e. The van der Waals surface area contributed by atoms with Gasteiger partial charge in [0.25, 0.3) is 0 Å². The first kappa shape index (κ1) is 7.60. The normalized spacial score (nSPS) is 55.3. The minimum atomic E-state index is 0.222. The molecule has 3 aliphatic rings. The molecule has 0 radical (unpaired) electrons. The third-order valence-electron chi connectivity index (χ3n) is 4.94. The minimum absolute atomic E-state index is 0.222. The average molecular weight is 178 g/mol. The Bertz CT molecular complexity index is 331. The summed E-state index contributed by atoms with van der Waals surface area (Å²) in [7, 11) is 0. The van der Waals surface area contributed by atoms with Crippen molar-refractivity contribution in [3.63, 3.8) is 0 Å². The average Bonchev–Trinajstić information content (AvgIpc) is 2.40. The van der Waals surface area contributed by atoms with Crippen LogP contribution in [0.2, 0.25) is 0 Å². The van der Waals surface area contributed by atoms with Gasteiger partial charge in [-0.05, 0) is 36.5 Å². The van der Waals surface area contributed by atoms with E-state index in [0.717, 1.165) is 19.1 Å². The van der Waals surface area contributed by atoms with Gasteiger partial charge in [-0.2, -0.15) is 0 Å². The maximum atomic E-state index is 11.7. The Hall–Kier alpha value is -0.790. The first-order valence-corrected chi connectivity index (χ1v) is 5.00. The third-order valence-corrected chi connectivity index (χ3v) is 4.94. The van der Waals surface area contributed by atoms with Crippen LogP contribution in [0.4, 0.5) is 0 Å². The molecule has 3 rings (SSSR count). The van der Waals surface area contributed by atoms with Crippen LogP contribution in [0.5, 0.6) is 0 Å². The predicted octanol–water partition coefficient (Wildman–Crippen LogP) is 2.21. The number of aliphatic hydroxyl groups excluding tert-OH is 1. The van der Waals surface area contributed by atoms with Gasteiger partial charge in [-0.3, -0.25) is 4.79 Å². The second kappa shape index (κ2) is 1.84. The molecule has 0 aromatic heterocycles. The second-order valence-electron chi connectivity index (χ2n) is 5.17. The molecule has 70 valence electrons. The topological polar surface area (TPSA) is 37.3 Å². The van der Waals surface area contributed by atoms with Crippen molar-refractivity contribution in [1.82, 2.24) is 0 Å². The van der Waals surface area contributed by atoms with Gasteiger partial charge in [-0.1, -0.05) is 6.92 Å². The Labute approximate surface area is 77.6 Å². The van der Waals surface area contributed by atoms with Crippen molar-refractivity contribution in [2.24, 2.45) is 16.7 Å². The molecule has 0 unspecified atom stereocenters. The Kier molecular flexibility index (Phi) is 1.07. The van der Waals surface area contributed by atoms with Gasteiger partial charge < -0.3 is 5.11 Å². The van der Waals surface area contributed by atoms with Crippen LogP contribution in [0.3, 0.4) is 0 Å². The van der Waals surface area contributed by atoms with Gasteiger partial charge in [0.05, 0.1) is 6.26 Å². The van der Waals surface area contributed by atoms with Gasteiger partial charge in [-0.15, -0.1) is 0 Å². The first-order chi connectivity index (χ1) is 6.13. The van der Waals surface area contributed by atoms with E-state index in [4.69, 9.17) is 5.11 Å². The Balaban J connectivity index is 2.02. The van der Waals surface area contributed by atoms with E-state index in [-0.39, 0.29) is 17.1 Å². The van der Waals surface area contributed by atoms with E-state index < -0.39 is 0 Å². The fourth-order valence-electron chi connectivity index (χ4n) is 3.82. The molecule has 3 aliphatic carbocycles. The molecule has 2 heteroatoms. The zero-order chi connectivity index (χ0) is 9.27. The SMILES string of the molecule is C[C@]12CC[C@]13C/C(=C/O)C(=O)[C@@H]3C2. The summed E-state index contributed by atoms with van der Waals surface area (Å²) < 4.78 is 0. The van der Waals surface area contributed by atoms with Gasteiger partial charge in [-0.25, -0.2) is 0 Å². The highest BCUT2D eigenvalue weighted by molar-refractivity contribution is 6.01. The molecular formula is C11H14O2. The van der Waals surface area contributed by atoms with Crippen LogP contribution < -0.4 is 0 Å². The van der Waals surface area contributed by atoms with E-state index in [1.807, 2.05) is 0 Å². The summed E-state index contributed by atoms with van der Waals surface area (Å²) in [6, 6.07) is 0. The second-order valence-corrected chi connectivity index (χ2v) is 5.17. The Morgan fingerprint density at radius 1 is 1.54 bits per heavy atom. The number of aliphatic hydroxyl groups is 1. The summed E-state index contributed by atoms with van der Waals surface area (Å²) in [5.41, 5.74) is 1.38. The van der Waals surface area contributed by atoms with Crippen molar-refractivity contribution in [2.45, 2.75) is 32.6 Å². The van der Waals surface area contributed by atoms with E-state index in [9.17, 15) is 4.79 Å². The number of Topliss-reactive ketones (excluding diaryl/α,β-unsaturated/α-hetero) is 1. The third kappa shape index (κ3) is 0.560. The number of hydrogen-bond acceptors (Lipinski definition) is 2. The molecule has 3 atom stereocenters. The number of hydrogen-bond donors (Lipinski definition) is 1. The molecule has 0 aromatic carbocycles. The molecule has 1 spiro atoms. The first-order valence-electron chi connectivity index (χ1n) is 5.00. The lowest BCUT2D eigenvalue weighted by atomic mass is 9.35.